The molecule has 2 aromatic carbocycles. The minimum atomic E-state index is -0.691. The van der Waals surface area contributed by atoms with E-state index in [1.807, 2.05) is 79.4 Å². The van der Waals surface area contributed by atoms with Gasteiger partial charge in [0.15, 0.2) is 12.1 Å². The molecule has 8 heteroatoms. The lowest BCUT2D eigenvalue weighted by Gasteiger charge is -2.30. The molecule has 0 aliphatic carbocycles. The fourth-order valence-corrected chi connectivity index (χ4v) is 5.34. The van der Waals surface area contributed by atoms with Gasteiger partial charge in [-0.2, -0.15) is 0 Å². The highest BCUT2D eigenvalue weighted by molar-refractivity contribution is 5.67. The van der Waals surface area contributed by atoms with Gasteiger partial charge in [-0.15, -0.1) is 0 Å². The molecule has 208 valence electrons. The zero-order valence-electron chi connectivity index (χ0n) is 22.8. The Kier molecular flexibility index (Phi) is 10.2. The van der Waals surface area contributed by atoms with E-state index >= 15 is 0 Å². The molecule has 38 heavy (non-hydrogen) atoms. The number of hydrogen-bond donors (Lipinski definition) is 1. The number of methoxy groups -OCH3 is 1. The minimum Gasteiger partial charge on any atom is -0.445 e. The fourth-order valence-electron chi connectivity index (χ4n) is 5.34. The molecule has 2 N–H and O–H groups in total. The summed E-state index contributed by atoms with van der Waals surface area (Å²) in [5.41, 5.74) is 7.81. The van der Waals surface area contributed by atoms with E-state index in [0.29, 0.717) is 26.1 Å². The second-order valence-corrected chi connectivity index (χ2v) is 10.6. The van der Waals surface area contributed by atoms with Crippen molar-refractivity contribution >= 4 is 6.09 Å². The highest BCUT2D eigenvalue weighted by Crippen LogP contribution is 2.41. The van der Waals surface area contributed by atoms with Gasteiger partial charge in [-0.3, -0.25) is 0 Å². The van der Waals surface area contributed by atoms with E-state index in [9.17, 15) is 4.79 Å². The second-order valence-electron chi connectivity index (χ2n) is 10.6. The molecule has 5 atom stereocenters. The number of benzene rings is 2. The number of carbonyl (C=O) groups is 1. The smallest absolute Gasteiger partial charge is 0.410 e. The third-order valence-corrected chi connectivity index (χ3v) is 7.13. The van der Waals surface area contributed by atoms with Crippen LogP contribution >= 0.6 is 0 Å². The Balaban J connectivity index is 1.48. The number of carbonyl (C=O) groups excluding carboxylic acids is 1. The van der Waals surface area contributed by atoms with Crippen molar-refractivity contribution in [3.05, 3.63) is 71.8 Å². The quantitative estimate of drug-likeness (QED) is 0.373. The molecule has 2 aliphatic rings. The van der Waals surface area contributed by atoms with Gasteiger partial charge in [-0.05, 0) is 56.7 Å². The lowest BCUT2D eigenvalue weighted by Crippen LogP contribution is -2.38. The Morgan fingerprint density at radius 2 is 1.66 bits per heavy atom. The van der Waals surface area contributed by atoms with Gasteiger partial charge < -0.3 is 34.3 Å². The summed E-state index contributed by atoms with van der Waals surface area (Å²) >= 11 is 0. The SMILES string of the molecule is CO[C@@H]1O[C@H](C[C@H](CCCCN)CN(Cc2ccccc2)C(=O)OCc2ccccc2)C2OC(C)(C)O[C@@H]21. The van der Waals surface area contributed by atoms with Gasteiger partial charge >= 0.3 is 6.09 Å². The first-order chi connectivity index (χ1) is 18.4. The summed E-state index contributed by atoms with van der Waals surface area (Å²) in [7, 11) is 1.63. The molecule has 4 rings (SSSR count). The molecule has 2 aliphatic heterocycles. The summed E-state index contributed by atoms with van der Waals surface area (Å²) in [6.45, 7) is 5.70. The first-order valence-corrected chi connectivity index (χ1v) is 13.6. The van der Waals surface area contributed by atoms with Crippen molar-refractivity contribution in [1.82, 2.24) is 4.90 Å². The summed E-state index contributed by atoms with van der Waals surface area (Å²) in [6, 6.07) is 19.7. The van der Waals surface area contributed by atoms with Crippen molar-refractivity contribution in [3.8, 4) is 0 Å². The zero-order chi connectivity index (χ0) is 27.0. The van der Waals surface area contributed by atoms with Crippen LogP contribution in [0.15, 0.2) is 60.7 Å². The van der Waals surface area contributed by atoms with Crippen LogP contribution in [0.2, 0.25) is 0 Å². The highest BCUT2D eigenvalue weighted by atomic mass is 16.8. The zero-order valence-corrected chi connectivity index (χ0v) is 22.8. The topological polar surface area (TPSA) is 92.5 Å². The largest absolute Gasteiger partial charge is 0.445 e. The van der Waals surface area contributed by atoms with Crippen molar-refractivity contribution < 1.29 is 28.5 Å². The van der Waals surface area contributed by atoms with E-state index in [2.05, 4.69) is 0 Å². The predicted octanol–water partition coefficient (Wildman–Crippen LogP) is 4.85. The fraction of sp³-hybridized carbons (Fsp3) is 0.567. The summed E-state index contributed by atoms with van der Waals surface area (Å²) in [5.74, 6) is -0.535. The van der Waals surface area contributed by atoms with Crippen LogP contribution in [0, 0.1) is 5.92 Å². The van der Waals surface area contributed by atoms with Crippen molar-refractivity contribution in [2.24, 2.45) is 11.7 Å². The Morgan fingerprint density at radius 3 is 2.32 bits per heavy atom. The molecule has 2 aromatic rings. The lowest BCUT2D eigenvalue weighted by molar-refractivity contribution is -0.228. The van der Waals surface area contributed by atoms with Crippen LogP contribution in [-0.2, 0) is 36.8 Å². The van der Waals surface area contributed by atoms with Crippen LogP contribution in [0.25, 0.3) is 0 Å². The van der Waals surface area contributed by atoms with Crippen LogP contribution in [0.1, 0.15) is 50.7 Å². The van der Waals surface area contributed by atoms with Gasteiger partial charge in [0.05, 0.1) is 6.10 Å². The van der Waals surface area contributed by atoms with Crippen molar-refractivity contribution in [1.29, 1.82) is 0 Å². The van der Waals surface area contributed by atoms with E-state index in [-0.39, 0.29) is 36.9 Å². The molecule has 8 nitrogen and oxygen atoms in total. The number of fused-ring (bicyclic) bond motifs is 1. The summed E-state index contributed by atoms with van der Waals surface area (Å²) in [4.78, 5) is 15.2. The predicted molar refractivity (Wildman–Crippen MR) is 144 cm³/mol. The van der Waals surface area contributed by atoms with Crippen LogP contribution in [0.4, 0.5) is 4.79 Å². The Labute approximate surface area is 226 Å². The van der Waals surface area contributed by atoms with Gasteiger partial charge in [0.1, 0.15) is 18.8 Å². The van der Waals surface area contributed by atoms with Gasteiger partial charge in [0.2, 0.25) is 0 Å². The van der Waals surface area contributed by atoms with Crippen molar-refractivity contribution in [3.63, 3.8) is 0 Å². The molecule has 0 aromatic heterocycles. The Bertz CT molecular complexity index is 989. The number of rotatable bonds is 13. The van der Waals surface area contributed by atoms with Crippen LogP contribution in [0.5, 0.6) is 0 Å². The maximum Gasteiger partial charge on any atom is 0.410 e. The molecule has 2 heterocycles. The molecule has 0 bridgehead atoms. The molecule has 1 unspecified atom stereocenters. The third kappa shape index (κ3) is 7.77. The van der Waals surface area contributed by atoms with Crippen molar-refractivity contribution in [2.75, 3.05) is 20.2 Å². The number of nitrogens with zero attached hydrogens (tertiary/aromatic N) is 1. The molecule has 0 spiro atoms. The summed E-state index contributed by atoms with van der Waals surface area (Å²) in [5, 5.41) is 0. The van der Waals surface area contributed by atoms with Crippen LogP contribution in [-0.4, -0.2) is 61.6 Å². The van der Waals surface area contributed by atoms with E-state index < -0.39 is 12.1 Å². The Hall–Kier alpha value is -2.49. The molecule has 2 saturated heterocycles. The molecule has 2 fully saturated rings. The number of unbranched alkanes of at least 4 members (excludes halogenated alkanes) is 1. The maximum absolute atomic E-state index is 13.4. The lowest BCUT2D eigenvalue weighted by atomic mass is 9.92. The summed E-state index contributed by atoms with van der Waals surface area (Å²) < 4.78 is 29.9. The first kappa shape index (κ1) is 28.5. The molecule has 0 saturated carbocycles. The van der Waals surface area contributed by atoms with E-state index in [1.54, 1.807) is 7.11 Å². The maximum atomic E-state index is 13.4. The van der Waals surface area contributed by atoms with Crippen molar-refractivity contribution in [2.45, 2.75) is 83.1 Å². The van der Waals surface area contributed by atoms with E-state index in [0.717, 1.165) is 30.4 Å². The third-order valence-electron chi connectivity index (χ3n) is 7.13. The van der Waals surface area contributed by atoms with Gasteiger partial charge in [-0.1, -0.05) is 67.1 Å². The average molecular weight is 527 g/mol. The highest BCUT2D eigenvalue weighted by Gasteiger charge is 2.55. The number of ether oxygens (including phenoxy) is 5. The van der Waals surface area contributed by atoms with Crippen LogP contribution in [0.3, 0.4) is 0 Å². The minimum absolute atomic E-state index is 0.156. The molecule has 0 radical (unpaired) electrons. The number of nitrogens with two attached hydrogens (primary N) is 1. The van der Waals surface area contributed by atoms with Crippen LogP contribution < -0.4 is 5.73 Å². The number of amides is 1. The average Bonchev–Trinajstić information content (AvgIpc) is 3.40. The Morgan fingerprint density at radius 1 is 1.00 bits per heavy atom. The molecular formula is C30H42N2O6. The molecular weight excluding hydrogens is 484 g/mol. The van der Waals surface area contributed by atoms with Gasteiger partial charge in [0, 0.05) is 20.2 Å². The van der Waals surface area contributed by atoms with E-state index in [4.69, 9.17) is 29.4 Å². The van der Waals surface area contributed by atoms with Gasteiger partial charge in [0.25, 0.3) is 0 Å². The second kappa shape index (κ2) is 13.5. The standard InChI is InChI=1S/C30H42N2O6/c1-30(2)37-26-25(36-28(34-3)27(26)38-30)18-24(16-10-11-17-31)20-32(19-22-12-6-4-7-13-22)29(33)35-21-23-14-8-5-9-15-23/h4-9,12-15,24-28H,10-11,16-21,31H2,1-3H3/t24-,25+,26?,27-,28+/m0/s1. The monoisotopic (exact) mass is 526 g/mol. The normalized spacial score (nSPS) is 24.6. The summed E-state index contributed by atoms with van der Waals surface area (Å²) in [6.07, 6.45) is 2.01. The van der Waals surface area contributed by atoms with Gasteiger partial charge in [-0.25, -0.2) is 4.79 Å². The number of hydrogen-bond acceptors (Lipinski definition) is 7. The molecule has 1 amide bonds. The first-order valence-electron chi connectivity index (χ1n) is 13.6. The van der Waals surface area contributed by atoms with E-state index in [1.165, 1.54) is 0 Å².